The maximum Gasteiger partial charge on any atom is 0.306 e. The Morgan fingerprint density at radius 1 is 0.500 bits per heavy atom. The fourth-order valence-electron chi connectivity index (χ4n) is 5.27. The number of nitrogens with two attached hydrogens (primary N) is 1. The van der Waals surface area contributed by atoms with Crippen LogP contribution in [0.1, 0.15) is 168 Å². The molecule has 2 atom stereocenters. The van der Waals surface area contributed by atoms with E-state index in [1.54, 1.807) is 0 Å². The predicted molar refractivity (Wildman–Crippen MR) is 183 cm³/mol. The normalized spacial score (nSPS) is 13.7. The van der Waals surface area contributed by atoms with Crippen LogP contribution in [0.5, 0.6) is 0 Å². The summed E-state index contributed by atoms with van der Waals surface area (Å²) in [6.07, 6.45) is 43.9. The minimum Gasteiger partial charge on any atom is -0.481 e. The molecule has 0 aliphatic heterocycles. The van der Waals surface area contributed by atoms with Crippen molar-refractivity contribution in [3.63, 3.8) is 0 Å². The zero-order valence-electron chi connectivity index (χ0n) is 27.6. The van der Waals surface area contributed by atoms with Gasteiger partial charge in [0.2, 0.25) is 5.91 Å². The predicted octanol–water partition coefficient (Wildman–Crippen LogP) is 11.4. The van der Waals surface area contributed by atoms with Crippen LogP contribution in [0.25, 0.3) is 0 Å². The van der Waals surface area contributed by atoms with Crippen molar-refractivity contribution >= 4 is 11.9 Å². The number of rotatable bonds is 31. The van der Waals surface area contributed by atoms with Crippen molar-refractivity contribution in [2.75, 3.05) is 0 Å². The number of unbranched alkanes of at least 4 members (excludes halogenated alkanes) is 14. The molecule has 4 nitrogen and oxygen atoms in total. The lowest BCUT2D eigenvalue weighted by molar-refractivity contribution is -0.142. The van der Waals surface area contributed by atoms with E-state index in [0.717, 1.165) is 77.0 Å². The molecule has 2 unspecified atom stereocenters. The molecular weight excluding hydrogens is 518 g/mol. The lowest BCUT2D eigenvalue weighted by Gasteiger charge is -2.17. The van der Waals surface area contributed by atoms with Gasteiger partial charge in [0.05, 0.1) is 5.92 Å². The molecule has 0 saturated carbocycles. The van der Waals surface area contributed by atoms with Crippen LogP contribution in [-0.2, 0) is 9.59 Å². The summed E-state index contributed by atoms with van der Waals surface area (Å²) in [5.41, 5.74) is 5.67. The second-order valence-electron chi connectivity index (χ2n) is 12.0. The van der Waals surface area contributed by atoms with E-state index in [9.17, 15) is 14.7 Å². The highest BCUT2D eigenvalue weighted by Gasteiger charge is 2.21. The van der Waals surface area contributed by atoms with E-state index < -0.39 is 5.97 Å². The van der Waals surface area contributed by atoms with E-state index in [2.05, 4.69) is 62.5 Å². The van der Waals surface area contributed by atoms with Gasteiger partial charge >= 0.3 is 5.97 Å². The zero-order chi connectivity index (χ0) is 30.9. The first kappa shape index (κ1) is 39.9. The molecule has 42 heavy (non-hydrogen) atoms. The molecule has 0 bridgehead atoms. The lowest BCUT2D eigenvalue weighted by Crippen LogP contribution is -2.25. The van der Waals surface area contributed by atoms with Crippen molar-refractivity contribution in [3.05, 3.63) is 48.6 Å². The Morgan fingerprint density at radius 3 is 1.24 bits per heavy atom. The molecular formula is C38H67NO3. The van der Waals surface area contributed by atoms with Crippen LogP contribution >= 0.6 is 0 Å². The SMILES string of the molecule is CCCCC/C=C\C/C=C\CCCCCCC(CCC(CCCCCC/C=C\C/C=C\CCCCC)C(=O)O)C(N)=O. The first-order valence-corrected chi connectivity index (χ1v) is 17.6. The maximum atomic E-state index is 12.0. The van der Waals surface area contributed by atoms with Gasteiger partial charge in [-0.15, -0.1) is 0 Å². The number of carbonyl (C=O) groups excluding carboxylic acids is 1. The molecule has 0 heterocycles. The van der Waals surface area contributed by atoms with Gasteiger partial charge in [0, 0.05) is 5.92 Å². The first-order valence-electron chi connectivity index (χ1n) is 17.6. The minimum atomic E-state index is -0.732. The number of carboxylic acids is 1. The van der Waals surface area contributed by atoms with Crippen LogP contribution in [0, 0.1) is 11.8 Å². The summed E-state index contributed by atoms with van der Waals surface area (Å²) in [5, 5.41) is 9.70. The largest absolute Gasteiger partial charge is 0.481 e. The van der Waals surface area contributed by atoms with Crippen molar-refractivity contribution in [1.29, 1.82) is 0 Å². The Morgan fingerprint density at radius 2 is 0.857 bits per heavy atom. The number of carboxylic acid groups (broad SMARTS) is 1. The van der Waals surface area contributed by atoms with Crippen molar-refractivity contribution in [2.45, 2.75) is 168 Å². The Hall–Kier alpha value is -2.10. The standard InChI is InChI=1S/C38H67NO3/c1-3-5-7-9-11-13-15-17-19-21-23-25-27-29-31-35(37(39)40)33-34-36(38(41)42)32-30-28-26-24-22-20-18-16-14-12-10-8-6-4-2/h11-14,17-20,35-36H,3-10,15-16,21-34H2,1-2H3,(H2,39,40)(H,41,42)/b13-11-,14-12-,19-17-,20-18-. The van der Waals surface area contributed by atoms with Gasteiger partial charge in [-0.2, -0.15) is 0 Å². The average molecular weight is 586 g/mol. The first-order chi connectivity index (χ1) is 20.5. The Bertz CT molecular complexity index is 675. The van der Waals surface area contributed by atoms with Crippen LogP contribution < -0.4 is 5.73 Å². The summed E-state index contributed by atoms with van der Waals surface area (Å²) in [4.78, 5) is 23.8. The van der Waals surface area contributed by atoms with Crippen molar-refractivity contribution in [3.8, 4) is 0 Å². The topological polar surface area (TPSA) is 80.4 Å². The molecule has 0 rings (SSSR count). The third kappa shape index (κ3) is 28.0. The van der Waals surface area contributed by atoms with Crippen LogP contribution in [-0.4, -0.2) is 17.0 Å². The molecule has 4 heteroatoms. The van der Waals surface area contributed by atoms with Crippen LogP contribution in [0.4, 0.5) is 0 Å². The van der Waals surface area contributed by atoms with Gasteiger partial charge in [-0.3, -0.25) is 9.59 Å². The minimum absolute atomic E-state index is 0.200. The number of aliphatic carboxylic acids is 1. The number of allylic oxidation sites excluding steroid dienone is 8. The average Bonchev–Trinajstić information content (AvgIpc) is 2.97. The van der Waals surface area contributed by atoms with Crippen LogP contribution in [0.2, 0.25) is 0 Å². The fourth-order valence-corrected chi connectivity index (χ4v) is 5.27. The van der Waals surface area contributed by atoms with E-state index in [0.29, 0.717) is 19.3 Å². The monoisotopic (exact) mass is 586 g/mol. The highest BCUT2D eigenvalue weighted by atomic mass is 16.4. The molecule has 0 aliphatic carbocycles. The lowest BCUT2D eigenvalue weighted by atomic mass is 9.88. The maximum absolute atomic E-state index is 12.0. The summed E-state index contributed by atoms with van der Waals surface area (Å²) < 4.78 is 0. The van der Waals surface area contributed by atoms with Gasteiger partial charge in [0.25, 0.3) is 0 Å². The van der Waals surface area contributed by atoms with Crippen molar-refractivity contribution < 1.29 is 14.7 Å². The van der Waals surface area contributed by atoms with Crippen molar-refractivity contribution in [1.82, 2.24) is 0 Å². The summed E-state index contributed by atoms with van der Waals surface area (Å²) >= 11 is 0. The molecule has 3 N–H and O–H groups in total. The Labute approximate surface area is 260 Å². The molecule has 0 saturated heterocycles. The van der Waals surface area contributed by atoms with E-state index in [-0.39, 0.29) is 17.7 Å². The highest BCUT2D eigenvalue weighted by Crippen LogP contribution is 2.23. The summed E-state index contributed by atoms with van der Waals surface area (Å²) in [5.74, 6) is -1.57. The molecule has 0 aliphatic rings. The van der Waals surface area contributed by atoms with E-state index >= 15 is 0 Å². The van der Waals surface area contributed by atoms with Gasteiger partial charge in [-0.05, 0) is 89.9 Å². The molecule has 0 aromatic carbocycles. The summed E-state index contributed by atoms with van der Waals surface area (Å²) in [6.45, 7) is 4.47. The van der Waals surface area contributed by atoms with Gasteiger partial charge < -0.3 is 10.8 Å². The molecule has 1 amide bonds. The molecule has 0 radical (unpaired) electrons. The van der Waals surface area contributed by atoms with Gasteiger partial charge in [0.1, 0.15) is 0 Å². The molecule has 0 spiro atoms. The number of hydrogen-bond donors (Lipinski definition) is 2. The van der Waals surface area contributed by atoms with Crippen LogP contribution in [0.3, 0.4) is 0 Å². The number of carbonyl (C=O) groups is 2. The van der Waals surface area contributed by atoms with Gasteiger partial charge in [-0.1, -0.05) is 127 Å². The van der Waals surface area contributed by atoms with Gasteiger partial charge in [0.15, 0.2) is 0 Å². The second-order valence-corrected chi connectivity index (χ2v) is 12.0. The highest BCUT2D eigenvalue weighted by molar-refractivity contribution is 5.76. The quantitative estimate of drug-likeness (QED) is 0.0627. The molecule has 0 fully saturated rings. The number of hydrogen-bond acceptors (Lipinski definition) is 2. The van der Waals surface area contributed by atoms with Crippen LogP contribution in [0.15, 0.2) is 48.6 Å². The summed E-state index contributed by atoms with van der Waals surface area (Å²) in [7, 11) is 0. The van der Waals surface area contributed by atoms with E-state index in [4.69, 9.17) is 5.73 Å². The Kier molecular flexibility index (Phi) is 30.2. The third-order valence-corrected chi connectivity index (χ3v) is 8.12. The number of amides is 1. The molecule has 0 aromatic rings. The third-order valence-electron chi connectivity index (χ3n) is 8.12. The number of primary amides is 1. The van der Waals surface area contributed by atoms with Gasteiger partial charge in [-0.25, -0.2) is 0 Å². The van der Waals surface area contributed by atoms with E-state index in [1.807, 2.05) is 0 Å². The van der Waals surface area contributed by atoms with E-state index in [1.165, 1.54) is 57.8 Å². The Balaban J connectivity index is 3.94. The molecule has 242 valence electrons. The zero-order valence-corrected chi connectivity index (χ0v) is 27.6. The van der Waals surface area contributed by atoms with Crippen molar-refractivity contribution in [2.24, 2.45) is 17.6 Å². The fraction of sp³-hybridized carbons (Fsp3) is 0.737. The smallest absolute Gasteiger partial charge is 0.306 e. The summed E-state index contributed by atoms with van der Waals surface area (Å²) in [6, 6.07) is 0. The molecule has 0 aromatic heterocycles. The second kappa shape index (κ2) is 31.8.